The standard InChI is InChI=1S/C13H18BrFOS/c1-13(2,3)9(8-17)7-16-12-6-10(15)4-5-11(12)14/h4-6,9,17H,7-8H2,1-3H3. The van der Waals surface area contributed by atoms with E-state index in [1.54, 1.807) is 6.07 Å². The minimum atomic E-state index is -0.290. The predicted octanol–water partition coefficient (Wildman–Crippen LogP) is 4.56. The zero-order valence-electron chi connectivity index (χ0n) is 10.3. The quantitative estimate of drug-likeness (QED) is 0.800. The van der Waals surface area contributed by atoms with Crippen LogP contribution in [0.3, 0.4) is 0 Å². The Labute approximate surface area is 116 Å². The molecule has 0 saturated heterocycles. The molecule has 1 aromatic carbocycles. The molecule has 0 aliphatic heterocycles. The van der Waals surface area contributed by atoms with Gasteiger partial charge in [-0.1, -0.05) is 20.8 Å². The van der Waals surface area contributed by atoms with E-state index in [1.165, 1.54) is 12.1 Å². The van der Waals surface area contributed by atoms with E-state index >= 15 is 0 Å². The molecule has 1 rings (SSSR count). The van der Waals surface area contributed by atoms with Crippen LogP contribution in [0.25, 0.3) is 0 Å². The molecule has 0 saturated carbocycles. The monoisotopic (exact) mass is 320 g/mol. The van der Waals surface area contributed by atoms with E-state index in [2.05, 4.69) is 49.3 Å². The summed E-state index contributed by atoms with van der Waals surface area (Å²) in [7, 11) is 0. The van der Waals surface area contributed by atoms with Gasteiger partial charge in [0.25, 0.3) is 0 Å². The molecule has 0 fully saturated rings. The SMILES string of the molecule is CC(C)(C)C(CS)COc1cc(F)ccc1Br. The Morgan fingerprint density at radius 2 is 2.06 bits per heavy atom. The summed E-state index contributed by atoms with van der Waals surface area (Å²) in [6.07, 6.45) is 0. The lowest BCUT2D eigenvalue weighted by Gasteiger charge is -2.29. The molecule has 0 N–H and O–H groups in total. The molecule has 17 heavy (non-hydrogen) atoms. The van der Waals surface area contributed by atoms with Gasteiger partial charge in [0.1, 0.15) is 11.6 Å². The van der Waals surface area contributed by atoms with Gasteiger partial charge in [-0.15, -0.1) is 0 Å². The highest BCUT2D eigenvalue weighted by atomic mass is 79.9. The highest BCUT2D eigenvalue weighted by Gasteiger charge is 2.24. The second kappa shape index (κ2) is 6.10. The first-order chi connectivity index (χ1) is 7.84. The fourth-order valence-electron chi connectivity index (χ4n) is 1.35. The summed E-state index contributed by atoms with van der Waals surface area (Å²) in [5.41, 5.74) is 0.127. The Bertz CT molecular complexity index is 376. The molecule has 0 spiro atoms. The fraction of sp³-hybridized carbons (Fsp3) is 0.538. The van der Waals surface area contributed by atoms with Gasteiger partial charge in [-0.05, 0) is 39.2 Å². The third kappa shape index (κ3) is 4.51. The van der Waals surface area contributed by atoms with Crippen LogP contribution in [0, 0.1) is 17.2 Å². The van der Waals surface area contributed by atoms with Crippen LogP contribution >= 0.6 is 28.6 Å². The van der Waals surface area contributed by atoms with E-state index in [1.807, 2.05) is 0 Å². The Balaban J connectivity index is 2.69. The third-order valence-corrected chi connectivity index (χ3v) is 3.87. The number of hydrogen-bond donors (Lipinski definition) is 1. The van der Waals surface area contributed by atoms with Crippen molar-refractivity contribution >= 4 is 28.6 Å². The largest absolute Gasteiger partial charge is 0.492 e. The first kappa shape index (κ1) is 14.8. The van der Waals surface area contributed by atoms with Crippen LogP contribution in [0.2, 0.25) is 0 Å². The van der Waals surface area contributed by atoms with Crippen LogP contribution in [-0.4, -0.2) is 12.4 Å². The smallest absolute Gasteiger partial charge is 0.136 e. The van der Waals surface area contributed by atoms with E-state index in [-0.39, 0.29) is 11.2 Å². The van der Waals surface area contributed by atoms with E-state index in [0.717, 1.165) is 10.2 Å². The Hall–Kier alpha value is -0.220. The zero-order valence-corrected chi connectivity index (χ0v) is 12.8. The summed E-state index contributed by atoms with van der Waals surface area (Å²) < 4.78 is 19.5. The van der Waals surface area contributed by atoms with E-state index < -0.39 is 0 Å². The maximum atomic E-state index is 13.1. The van der Waals surface area contributed by atoms with Gasteiger partial charge in [0.05, 0.1) is 11.1 Å². The van der Waals surface area contributed by atoms with Crippen LogP contribution in [0.15, 0.2) is 22.7 Å². The van der Waals surface area contributed by atoms with Crippen LogP contribution in [-0.2, 0) is 0 Å². The van der Waals surface area contributed by atoms with Crippen molar-refractivity contribution in [3.05, 3.63) is 28.5 Å². The predicted molar refractivity (Wildman–Crippen MR) is 76.4 cm³/mol. The normalized spacial score (nSPS) is 13.5. The molecule has 96 valence electrons. The van der Waals surface area contributed by atoms with Gasteiger partial charge in [-0.25, -0.2) is 4.39 Å². The number of thiol groups is 1. The fourth-order valence-corrected chi connectivity index (χ4v) is 2.37. The van der Waals surface area contributed by atoms with Gasteiger partial charge in [-0.3, -0.25) is 0 Å². The second-order valence-electron chi connectivity index (χ2n) is 5.13. The molecule has 4 heteroatoms. The molecule has 0 bridgehead atoms. The molecule has 0 heterocycles. The lowest BCUT2D eigenvalue weighted by molar-refractivity contribution is 0.164. The molecule has 0 aliphatic carbocycles. The molecule has 0 amide bonds. The number of halogens is 2. The molecular weight excluding hydrogens is 303 g/mol. The molecule has 0 radical (unpaired) electrons. The van der Waals surface area contributed by atoms with Crippen molar-refractivity contribution in [3.63, 3.8) is 0 Å². The van der Waals surface area contributed by atoms with Crippen LogP contribution < -0.4 is 4.74 Å². The van der Waals surface area contributed by atoms with Crippen LogP contribution in [0.5, 0.6) is 5.75 Å². The second-order valence-corrected chi connectivity index (χ2v) is 6.35. The third-order valence-electron chi connectivity index (χ3n) is 2.78. The highest BCUT2D eigenvalue weighted by Crippen LogP contribution is 2.30. The van der Waals surface area contributed by atoms with Crippen molar-refractivity contribution in [3.8, 4) is 5.75 Å². The summed E-state index contributed by atoms with van der Waals surface area (Å²) in [6, 6.07) is 4.44. The maximum absolute atomic E-state index is 13.1. The van der Waals surface area contributed by atoms with E-state index in [0.29, 0.717) is 18.3 Å². The summed E-state index contributed by atoms with van der Waals surface area (Å²) in [6.45, 7) is 6.99. The van der Waals surface area contributed by atoms with Crippen LogP contribution in [0.4, 0.5) is 4.39 Å². The average molecular weight is 321 g/mol. The van der Waals surface area contributed by atoms with Gasteiger partial charge in [-0.2, -0.15) is 12.6 Å². The van der Waals surface area contributed by atoms with Crippen molar-refractivity contribution in [2.75, 3.05) is 12.4 Å². The van der Waals surface area contributed by atoms with Crippen molar-refractivity contribution in [1.82, 2.24) is 0 Å². The summed E-state index contributed by atoms with van der Waals surface area (Å²) in [4.78, 5) is 0. The van der Waals surface area contributed by atoms with E-state index in [9.17, 15) is 4.39 Å². The number of ether oxygens (including phenoxy) is 1. The summed E-state index contributed by atoms with van der Waals surface area (Å²) in [5.74, 6) is 1.32. The van der Waals surface area contributed by atoms with Gasteiger partial charge >= 0.3 is 0 Å². The Kier molecular flexibility index (Phi) is 5.32. The van der Waals surface area contributed by atoms with Crippen molar-refractivity contribution in [2.24, 2.45) is 11.3 Å². The first-order valence-electron chi connectivity index (χ1n) is 5.53. The molecule has 0 aromatic heterocycles. The maximum Gasteiger partial charge on any atom is 0.136 e. The topological polar surface area (TPSA) is 9.23 Å². The molecule has 0 aliphatic rings. The number of hydrogen-bond acceptors (Lipinski definition) is 2. The zero-order chi connectivity index (χ0) is 13.1. The summed E-state index contributed by atoms with van der Waals surface area (Å²) in [5, 5.41) is 0. The Morgan fingerprint density at radius 1 is 1.41 bits per heavy atom. The highest BCUT2D eigenvalue weighted by molar-refractivity contribution is 9.10. The van der Waals surface area contributed by atoms with Gasteiger partial charge in [0, 0.05) is 12.0 Å². The molecule has 1 nitrogen and oxygen atoms in total. The van der Waals surface area contributed by atoms with Crippen molar-refractivity contribution in [1.29, 1.82) is 0 Å². The van der Waals surface area contributed by atoms with Gasteiger partial charge < -0.3 is 4.74 Å². The van der Waals surface area contributed by atoms with Gasteiger partial charge in [0.2, 0.25) is 0 Å². The first-order valence-corrected chi connectivity index (χ1v) is 6.96. The summed E-state index contributed by atoms with van der Waals surface area (Å²) >= 11 is 7.68. The van der Waals surface area contributed by atoms with Crippen LogP contribution in [0.1, 0.15) is 20.8 Å². The molecule has 1 atom stereocenters. The molecule has 1 unspecified atom stereocenters. The van der Waals surface area contributed by atoms with E-state index in [4.69, 9.17) is 4.74 Å². The Morgan fingerprint density at radius 3 is 2.59 bits per heavy atom. The lowest BCUT2D eigenvalue weighted by Crippen LogP contribution is -2.28. The number of rotatable bonds is 4. The lowest BCUT2D eigenvalue weighted by atomic mass is 9.82. The minimum absolute atomic E-state index is 0.127. The number of benzene rings is 1. The average Bonchev–Trinajstić information content (AvgIpc) is 2.22. The van der Waals surface area contributed by atoms with Gasteiger partial charge in [0.15, 0.2) is 0 Å². The van der Waals surface area contributed by atoms with Crippen molar-refractivity contribution < 1.29 is 9.13 Å². The van der Waals surface area contributed by atoms with Crippen molar-refractivity contribution in [2.45, 2.75) is 20.8 Å². The molecule has 1 aromatic rings. The minimum Gasteiger partial charge on any atom is -0.492 e. The molecular formula is C13H18BrFOS.